The molecular formula is C29H21BrFNO4S. The Morgan fingerprint density at radius 2 is 1.70 bits per heavy atom. The Labute approximate surface area is 226 Å². The molecule has 2 amide bonds. The maximum Gasteiger partial charge on any atom is 0.293 e. The molecule has 1 heterocycles. The lowest BCUT2D eigenvalue weighted by Crippen LogP contribution is -2.32. The number of thioether (sulfide) groups is 1. The van der Waals surface area contributed by atoms with Crippen LogP contribution < -0.4 is 9.47 Å². The van der Waals surface area contributed by atoms with Gasteiger partial charge >= 0.3 is 0 Å². The number of fused-ring (bicyclic) bond motifs is 1. The zero-order valence-corrected chi connectivity index (χ0v) is 21.9. The van der Waals surface area contributed by atoms with Crippen molar-refractivity contribution in [2.75, 3.05) is 13.2 Å². The van der Waals surface area contributed by atoms with Gasteiger partial charge in [0.05, 0.1) is 15.9 Å². The molecule has 0 aliphatic carbocycles. The monoisotopic (exact) mass is 577 g/mol. The summed E-state index contributed by atoms with van der Waals surface area (Å²) in [5.41, 5.74) is 1.85. The third kappa shape index (κ3) is 5.87. The summed E-state index contributed by atoms with van der Waals surface area (Å²) in [5, 5.41) is 1.96. The highest BCUT2D eigenvalue weighted by molar-refractivity contribution is 9.10. The Hall–Kier alpha value is -3.62. The molecule has 1 aliphatic heterocycles. The van der Waals surface area contributed by atoms with E-state index in [1.807, 2.05) is 42.5 Å². The smallest absolute Gasteiger partial charge is 0.293 e. The minimum Gasteiger partial charge on any atom is -0.492 e. The molecule has 1 fully saturated rings. The number of carbonyl (C=O) groups excluding carboxylic acids is 2. The van der Waals surface area contributed by atoms with Crippen molar-refractivity contribution in [2.24, 2.45) is 0 Å². The summed E-state index contributed by atoms with van der Waals surface area (Å²) in [6.07, 6.45) is 1.69. The van der Waals surface area contributed by atoms with Crippen molar-refractivity contribution in [2.45, 2.75) is 6.61 Å². The van der Waals surface area contributed by atoms with E-state index in [4.69, 9.17) is 9.47 Å². The summed E-state index contributed by atoms with van der Waals surface area (Å²) >= 11 is 4.45. The summed E-state index contributed by atoms with van der Waals surface area (Å²) < 4.78 is 25.3. The molecule has 186 valence electrons. The van der Waals surface area contributed by atoms with Crippen molar-refractivity contribution in [3.8, 4) is 11.5 Å². The first-order valence-corrected chi connectivity index (χ1v) is 13.1. The van der Waals surface area contributed by atoms with Crippen molar-refractivity contribution < 1.29 is 23.5 Å². The highest BCUT2D eigenvalue weighted by Gasteiger charge is 2.34. The van der Waals surface area contributed by atoms with E-state index < -0.39 is 0 Å². The Morgan fingerprint density at radius 3 is 2.51 bits per heavy atom. The van der Waals surface area contributed by atoms with Crippen molar-refractivity contribution in [1.82, 2.24) is 4.90 Å². The van der Waals surface area contributed by atoms with Crippen LogP contribution in [0.25, 0.3) is 16.8 Å². The molecule has 0 atom stereocenters. The first-order chi connectivity index (χ1) is 18.0. The van der Waals surface area contributed by atoms with Crippen molar-refractivity contribution in [3.63, 3.8) is 0 Å². The summed E-state index contributed by atoms with van der Waals surface area (Å²) in [6.45, 7) is 0.632. The molecule has 8 heteroatoms. The van der Waals surface area contributed by atoms with Gasteiger partial charge in [-0.25, -0.2) is 4.39 Å². The largest absolute Gasteiger partial charge is 0.492 e. The summed E-state index contributed by atoms with van der Waals surface area (Å²) in [6, 6.07) is 25.4. The standard InChI is InChI=1S/C29H21BrFNO4S/c30-25-16-19(8-13-26(25)36-18-21-6-3-5-20-4-1-2-7-24(20)21)17-27-28(33)32(29(34)37-27)14-15-35-23-11-9-22(31)10-12-23/h1-13,16-17H,14-15,18H2/b27-17-. The molecule has 0 radical (unpaired) electrons. The maximum atomic E-state index is 13.0. The van der Waals surface area contributed by atoms with Crippen LogP contribution in [0.2, 0.25) is 0 Å². The zero-order valence-electron chi connectivity index (χ0n) is 19.5. The Kier molecular flexibility index (Phi) is 7.58. The third-order valence-corrected chi connectivity index (χ3v) is 7.31. The molecule has 4 aromatic carbocycles. The average Bonchev–Trinajstić information content (AvgIpc) is 3.16. The minimum atomic E-state index is -0.370. The van der Waals surface area contributed by atoms with Gasteiger partial charge in [0, 0.05) is 0 Å². The van der Waals surface area contributed by atoms with Gasteiger partial charge in [-0.15, -0.1) is 0 Å². The maximum absolute atomic E-state index is 13.0. The predicted molar refractivity (Wildman–Crippen MR) is 147 cm³/mol. The lowest BCUT2D eigenvalue weighted by Gasteiger charge is -2.13. The SMILES string of the molecule is O=C1S/C(=C\c2ccc(OCc3cccc4ccccc34)c(Br)c2)C(=O)N1CCOc1ccc(F)cc1. The molecule has 5 nitrogen and oxygen atoms in total. The first kappa shape index (κ1) is 25.0. The first-order valence-electron chi connectivity index (χ1n) is 11.5. The number of amides is 2. The number of carbonyl (C=O) groups is 2. The molecule has 0 saturated carbocycles. The van der Waals surface area contributed by atoms with E-state index in [0.717, 1.165) is 43.0 Å². The molecule has 1 saturated heterocycles. The molecule has 37 heavy (non-hydrogen) atoms. The normalized spacial score (nSPS) is 14.5. The van der Waals surface area contributed by atoms with E-state index in [1.54, 1.807) is 6.08 Å². The van der Waals surface area contributed by atoms with Gasteiger partial charge in [0.15, 0.2) is 0 Å². The van der Waals surface area contributed by atoms with E-state index in [0.29, 0.717) is 23.0 Å². The highest BCUT2D eigenvalue weighted by Crippen LogP contribution is 2.34. The van der Waals surface area contributed by atoms with Crippen LogP contribution in [0, 0.1) is 5.82 Å². The zero-order chi connectivity index (χ0) is 25.8. The van der Waals surface area contributed by atoms with Crippen LogP contribution in [0.15, 0.2) is 94.3 Å². The van der Waals surface area contributed by atoms with E-state index in [9.17, 15) is 14.0 Å². The third-order valence-electron chi connectivity index (χ3n) is 5.79. The molecule has 0 aromatic heterocycles. The van der Waals surface area contributed by atoms with Gasteiger partial charge in [-0.1, -0.05) is 48.5 Å². The van der Waals surface area contributed by atoms with Gasteiger partial charge in [-0.05, 0) is 92.1 Å². The van der Waals surface area contributed by atoms with Crippen LogP contribution in [-0.4, -0.2) is 29.2 Å². The average molecular weight is 578 g/mol. The van der Waals surface area contributed by atoms with E-state index in [1.165, 1.54) is 24.3 Å². The quantitative estimate of drug-likeness (QED) is 0.204. The van der Waals surface area contributed by atoms with Crippen molar-refractivity contribution >= 4 is 55.7 Å². The fourth-order valence-corrected chi connectivity index (χ4v) is 5.30. The van der Waals surface area contributed by atoms with Gasteiger partial charge in [0.25, 0.3) is 11.1 Å². The van der Waals surface area contributed by atoms with E-state index in [-0.39, 0.29) is 30.1 Å². The Balaban J connectivity index is 1.21. The molecule has 5 rings (SSSR count). The fourth-order valence-electron chi connectivity index (χ4n) is 3.93. The Bertz CT molecular complexity index is 1500. The number of benzene rings is 4. The van der Waals surface area contributed by atoms with Crippen LogP contribution in [0.1, 0.15) is 11.1 Å². The van der Waals surface area contributed by atoms with Gasteiger partial charge in [-0.3, -0.25) is 14.5 Å². The molecular weight excluding hydrogens is 557 g/mol. The number of rotatable bonds is 8. The van der Waals surface area contributed by atoms with E-state index in [2.05, 4.69) is 34.1 Å². The molecule has 0 spiro atoms. The molecule has 4 aromatic rings. The second kappa shape index (κ2) is 11.2. The number of halogens is 2. The second-order valence-corrected chi connectivity index (χ2v) is 10.1. The second-order valence-electron chi connectivity index (χ2n) is 8.25. The predicted octanol–water partition coefficient (Wildman–Crippen LogP) is 7.44. The van der Waals surface area contributed by atoms with Gasteiger partial charge in [-0.2, -0.15) is 0 Å². The van der Waals surface area contributed by atoms with Crippen LogP contribution in [0.4, 0.5) is 9.18 Å². The minimum absolute atomic E-state index is 0.101. The number of nitrogens with zero attached hydrogens (tertiary/aromatic N) is 1. The van der Waals surface area contributed by atoms with Crippen LogP contribution in [-0.2, 0) is 11.4 Å². The molecule has 0 unspecified atom stereocenters. The van der Waals surface area contributed by atoms with Crippen molar-refractivity contribution in [1.29, 1.82) is 0 Å². The summed E-state index contributed by atoms with van der Waals surface area (Å²) in [7, 11) is 0. The molecule has 1 aliphatic rings. The topological polar surface area (TPSA) is 55.8 Å². The fraction of sp³-hybridized carbons (Fsp3) is 0.103. The van der Waals surface area contributed by atoms with Gasteiger partial charge < -0.3 is 9.47 Å². The van der Waals surface area contributed by atoms with Gasteiger partial charge in [0.1, 0.15) is 30.5 Å². The number of hydrogen-bond donors (Lipinski definition) is 0. The lowest BCUT2D eigenvalue weighted by molar-refractivity contribution is -0.123. The van der Waals surface area contributed by atoms with Crippen LogP contribution in [0.5, 0.6) is 11.5 Å². The van der Waals surface area contributed by atoms with Crippen molar-refractivity contribution in [3.05, 3.63) is 111 Å². The van der Waals surface area contributed by atoms with Crippen LogP contribution >= 0.6 is 27.7 Å². The van der Waals surface area contributed by atoms with E-state index >= 15 is 0 Å². The summed E-state index contributed by atoms with van der Waals surface area (Å²) in [4.78, 5) is 26.7. The lowest BCUT2D eigenvalue weighted by atomic mass is 10.1. The number of hydrogen-bond acceptors (Lipinski definition) is 5. The number of imide groups is 1. The highest BCUT2D eigenvalue weighted by atomic mass is 79.9. The molecule has 0 bridgehead atoms. The summed E-state index contributed by atoms with van der Waals surface area (Å²) in [5.74, 6) is 0.414. The van der Waals surface area contributed by atoms with Crippen LogP contribution in [0.3, 0.4) is 0 Å². The van der Waals surface area contributed by atoms with Gasteiger partial charge in [0.2, 0.25) is 0 Å². The number of ether oxygens (including phenoxy) is 2. The molecule has 0 N–H and O–H groups in total. The Morgan fingerprint density at radius 1 is 0.919 bits per heavy atom.